The van der Waals surface area contributed by atoms with E-state index in [9.17, 15) is 0 Å². The van der Waals surface area contributed by atoms with Crippen molar-refractivity contribution in [3.63, 3.8) is 0 Å². The van der Waals surface area contributed by atoms with E-state index in [1.165, 1.54) is 11.1 Å². The lowest BCUT2D eigenvalue weighted by atomic mass is 10.1. The van der Waals surface area contributed by atoms with E-state index in [2.05, 4.69) is 55.4 Å². The van der Waals surface area contributed by atoms with Crippen LogP contribution in [-0.2, 0) is 0 Å². The molecule has 1 rings (SSSR count). The van der Waals surface area contributed by atoms with E-state index in [1.807, 2.05) is 67.5 Å². The van der Waals surface area contributed by atoms with Gasteiger partial charge in [0.15, 0.2) is 0 Å². The molecule has 2 N–H and O–H groups in total. The maximum Gasteiger partial charge on any atom is 0.0371 e. The van der Waals surface area contributed by atoms with Crippen LogP contribution in [0.2, 0.25) is 0 Å². The maximum atomic E-state index is 6.35. The summed E-state index contributed by atoms with van der Waals surface area (Å²) >= 11 is 0. The SMILES string of the molecule is C=C/C(=C\C=C/C)N(CC(N)CCC)C1CC(=C)/C(=C\C=C/C)C1.CC.CC.CC. The van der Waals surface area contributed by atoms with Gasteiger partial charge in [0.1, 0.15) is 0 Å². The quantitative estimate of drug-likeness (QED) is 0.382. The molecule has 0 aliphatic heterocycles. The van der Waals surface area contributed by atoms with Crippen LogP contribution >= 0.6 is 0 Å². The Hall–Kier alpha value is -1.80. The lowest BCUT2D eigenvalue weighted by molar-refractivity contribution is 0.249. The topological polar surface area (TPSA) is 29.3 Å². The predicted molar refractivity (Wildman–Crippen MR) is 142 cm³/mol. The van der Waals surface area contributed by atoms with Gasteiger partial charge >= 0.3 is 0 Å². The summed E-state index contributed by atoms with van der Waals surface area (Å²) in [4.78, 5) is 2.43. The zero-order valence-electron chi connectivity index (χ0n) is 21.7. The molecule has 2 unspecified atom stereocenters. The number of nitrogens with two attached hydrogens (primary N) is 1. The molecule has 1 saturated carbocycles. The van der Waals surface area contributed by atoms with Crippen LogP contribution in [0.1, 0.15) is 88.0 Å². The number of nitrogens with zero attached hydrogens (tertiary/aromatic N) is 1. The molecule has 0 saturated heterocycles. The van der Waals surface area contributed by atoms with Gasteiger partial charge in [-0.1, -0.05) is 98.4 Å². The first-order chi connectivity index (χ1) is 14.6. The van der Waals surface area contributed by atoms with E-state index in [0.29, 0.717) is 6.04 Å². The average Bonchev–Trinajstić information content (AvgIpc) is 3.16. The lowest BCUT2D eigenvalue weighted by Crippen LogP contribution is -2.41. The summed E-state index contributed by atoms with van der Waals surface area (Å²) in [5, 5.41) is 0. The van der Waals surface area contributed by atoms with Crippen molar-refractivity contribution in [1.82, 2.24) is 4.90 Å². The van der Waals surface area contributed by atoms with E-state index in [0.717, 1.165) is 37.9 Å². The normalized spacial score (nSPS) is 18.2. The molecular formula is C28H52N2. The molecule has 30 heavy (non-hydrogen) atoms. The summed E-state index contributed by atoms with van der Waals surface area (Å²) in [5.74, 6) is 0. The highest BCUT2D eigenvalue weighted by Gasteiger charge is 2.29. The summed E-state index contributed by atoms with van der Waals surface area (Å²) in [6.07, 6.45) is 18.7. The molecule has 2 heteroatoms. The third-order valence-corrected chi connectivity index (χ3v) is 4.41. The van der Waals surface area contributed by atoms with Gasteiger partial charge in [0.25, 0.3) is 0 Å². The monoisotopic (exact) mass is 416 g/mol. The molecular weight excluding hydrogens is 364 g/mol. The highest BCUT2D eigenvalue weighted by Crippen LogP contribution is 2.34. The van der Waals surface area contributed by atoms with Crippen LogP contribution < -0.4 is 5.73 Å². The minimum atomic E-state index is 0.181. The molecule has 1 aliphatic carbocycles. The van der Waals surface area contributed by atoms with Crippen LogP contribution in [0, 0.1) is 0 Å². The first-order valence-corrected chi connectivity index (χ1v) is 12.0. The molecule has 2 atom stereocenters. The first kappa shape index (κ1) is 32.9. The Kier molecular flexibility index (Phi) is 25.7. The third kappa shape index (κ3) is 13.4. The number of rotatable bonds is 9. The lowest BCUT2D eigenvalue weighted by Gasteiger charge is -2.34. The van der Waals surface area contributed by atoms with Crippen molar-refractivity contribution in [2.75, 3.05) is 6.54 Å². The first-order valence-electron chi connectivity index (χ1n) is 12.0. The molecule has 1 fully saturated rings. The molecule has 0 radical (unpaired) electrons. The molecule has 0 heterocycles. The number of hydrogen-bond acceptors (Lipinski definition) is 2. The molecule has 174 valence electrons. The summed E-state index contributed by atoms with van der Waals surface area (Å²) in [6, 6.07) is 0.590. The van der Waals surface area contributed by atoms with Crippen molar-refractivity contribution >= 4 is 0 Å². The fourth-order valence-corrected chi connectivity index (χ4v) is 3.16. The Balaban J connectivity index is -0.00000111. The highest BCUT2D eigenvalue weighted by molar-refractivity contribution is 5.39. The van der Waals surface area contributed by atoms with E-state index in [-0.39, 0.29) is 6.04 Å². The molecule has 0 amide bonds. The molecule has 0 spiro atoms. The molecule has 0 bridgehead atoms. The van der Waals surface area contributed by atoms with Crippen molar-refractivity contribution in [1.29, 1.82) is 0 Å². The fourth-order valence-electron chi connectivity index (χ4n) is 3.16. The Morgan fingerprint density at radius 1 is 1.07 bits per heavy atom. The smallest absolute Gasteiger partial charge is 0.0371 e. The summed E-state index contributed by atoms with van der Waals surface area (Å²) in [5.41, 5.74) is 10.1. The Morgan fingerprint density at radius 3 is 2.10 bits per heavy atom. The highest BCUT2D eigenvalue weighted by atomic mass is 15.2. The zero-order chi connectivity index (χ0) is 23.9. The van der Waals surface area contributed by atoms with Crippen molar-refractivity contribution in [3.8, 4) is 0 Å². The van der Waals surface area contributed by atoms with Crippen LogP contribution in [0.3, 0.4) is 0 Å². The molecule has 0 aromatic carbocycles. The van der Waals surface area contributed by atoms with Crippen LogP contribution in [0.25, 0.3) is 0 Å². The second-order valence-corrected chi connectivity index (χ2v) is 6.41. The summed E-state index contributed by atoms with van der Waals surface area (Å²) < 4.78 is 0. The Morgan fingerprint density at radius 2 is 1.63 bits per heavy atom. The molecule has 1 aliphatic rings. The van der Waals surface area contributed by atoms with Gasteiger partial charge in [-0.15, -0.1) is 0 Å². The van der Waals surface area contributed by atoms with E-state index in [1.54, 1.807) is 0 Å². The van der Waals surface area contributed by atoms with E-state index >= 15 is 0 Å². The third-order valence-electron chi connectivity index (χ3n) is 4.41. The molecule has 0 aromatic heterocycles. The number of hydrogen-bond donors (Lipinski definition) is 1. The van der Waals surface area contributed by atoms with Gasteiger partial charge in [-0.2, -0.15) is 0 Å². The van der Waals surface area contributed by atoms with Gasteiger partial charge < -0.3 is 10.6 Å². The van der Waals surface area contributed by atoms with Crippen LogP contribution in [0.4, 0.5) is 0 Å². The number of allylic oxidation sites excluding steroid dienone is 7. The van der Waals surface area contributed by atoms with Gasteiger partial charge in [-0.05, 0) is 56.4 Å². The van der Waals surface area contributed by atoms with Crippen molar-refractivity contribution in [2.45, 2.75) is 100 Å². The van der Waals surface area contributed by atoms with E-state index < -0.39 is 0 Å². The Labute approximate surface area is 190 Å². The van der Waals surface area contributed by atoms with Gasteiger partial charge in [0.2, 0.25) is 0 Å². The minimum absolute atomic E-state index is 0.181. The Bertz CT molecular complexity index is 535. The fraction of sp³-hybridized carbons (Fsp3) is 0.571. The van der Waals surface area contributed by atoms with Gasteiger partial charge in [-0.25, -0.2) is 0 Å². The minimum Gasteiger partial charge on any atom is -0.366 e. The van der Waals surface area contributed by atoms with Crippen molar-refractivity contribution < 1.29 is 0 Å². The largest absolute Gasteiger partial charge is 0.366 e. The van der Waals surface area contributed by atoms with Crippen LogP contribution in [0.15, 0.2) is 72.5 Å². The molecule has 0 aromatic rings. The van der Waals surface area contributed by atoms with E-state index in [4.69, 9.17) is 5.73 Å². The second-order valence-electron chi connectivity index (χ2n) is 6.41. The van der Waals surface area contributed by atoms with Gasteiger partial charge in [-0.3, -0.25) is 0 Å². The standard InChI is InChI=1S/C22H34N2.3C2H6/c1-6-10-13-19-16-22(15-18(19)5)24(17-20(23)12-8-3)21(9-4)14-11-7-2;3*1-2/h6-7,9-11,13-14,20,22H,4-5,8,12,15-17,23H2,1-3H3;3*1-2H3/b10-6-,11-7-,19-13-,21-14+;;;. The molecule has 2 nitrogen and oxygen atoms in total. The van der Waals surface area contributed by atoms with Crippen LogP contribution in [0.5, 0.6) is 0 Å². The summed E-state index contributed by atoms with van der Waals surface area (Å²) in [7, 11) is 0. The van der Waals surface area contributed by atoms with Gasteiger partial charge in [0, 0.05) is 24.3 Å². The van der Waals surface area contributed by atoms with Crippen molar-refractivity contribution in [3.05, 3.63) is 72.5 Å². The van der Waals surface area contributed by atoms with Crippen molar-refractivity contribution in [2.24, 2.45) is 5.73 Å². The van der Waals surface area contributed by atoms with Gasteiger partial charge in [0.05, 0.1) is 0 Å². The summed E-state index contributed by atoms with van der Waals surface area (Å²) in [6.45, 7) is 27.4. The average molecular weight is 417 g/mol. The zero-order valence-corrected chi connectivity index (χ0v) is 21.7. The maximum absolute atomic E-state index is 6.35. The predicted octanol–water partition coefficient (Wildman–Crippen LogP) is 8.36. The van der Waals surface area contributed by atoms with Crippen LogP contribution in [-0.4, -0.2) is 23.5 Å². The second kappa shape index (κ2) is 23.5.